The Morgan fingerprint density at radius 3 is 2.12 bits per heavy atom. The van der Waals surface area contributed by atoms with Gasteiger partial charge >= 0.3 is 5.97 Å². The fourth-order valence-electron chi connectivity index (χ4n) is 3.04. The van der Waals surface area contributed by atoms with E-state index in [0.29, 0.717) is 16.4 Å². The third kappa shape index (κ3) is 8.24. The average Bonchev–Trinajstić information content (AvgIpc) is 2.81. The highest BCUT2D eigenvalue weighted by Crippen LogP contribution is 2.29. The second-order valence-corrected chi connectivity index (χ2v) is 9.24. The van der Waals surface area contributed by atoms with E-state index in [2.05, 4.69) is 10.6 Å². The van der Waals surface area contributed by atoms with Crippen LogP contribution < -0.4 is 10.6 Å². The van der Waals surface area contributed by atoms with E-state index < -0.39 is 18.5 Å². The standard InChI is InChI=1S/C26H25ClN2O4S/c1-17-3-12-23(18(2)15-17)29-25(31)16-33-26(32)14-13-24(30)28-20-6-10-22(11-7-20)34-21-8-4-19(27)5-9-21/h3-12,15H,13-14,16H2,1-2H3,(H,28,30)(H,29,31). The summed E-state index contributed by atoms with van der Waals surface area (Å²) in [5, 5.41) is 6.15. The molecule has 0 radical (unpaired) electrons. The summed E-state index contributed by atoms with van der Waals surface area (Å²) in [6.45, 7) is 3.45. The molecule has 0 bridgehead atoms. The van der Waals surface area contributed by atoms with Crippen molar-refractivity contribution in [2.45, 2.75) is 36.5 Å². The van der Waals surface area contributed by atoms with Crippen molar-refractivity contribution in [1.29, 1.82) is 0 Å². The molecule has 0 spiro atoms. The molecule has 0 fully saturated rings. The molecule has 0 heterocycles. The van der Waals surface area contributed by atoms with Gasteiger partial charge in [0.2, 0.25) is 5.91 Å². The van der Waals surface area contributed by atoms with Gasteiger partial charge in [-0.25, -0.2) is 0 Å². The fraction of sp³-hybridized carbons (Fsp3) is 0.192. The molecule has 2 amide bonds. The number of amides is 2. The molecular weight excluding hydrogens is 472 g/mol. The monoisotopic (exact) mass is 496 g/mol. The van der Waals surface area contributed by atoms with Gasteiger partial charge in [0.1, 0.15) is 0 Å². The third-order valence-corrected chi connectivity index (χ3v) is 6.03. The molecule has 0 aliphatic rings. The number of aryl methyl sites for hydroxylation is 2. The average molecular weight is 497 g/mol. The first-order valence-corrected chi connectivity index (χ1v) is 11.8. The molecular formula is C26H25ClN2O4S. The Morgan fingerprint density at radius 2 is 1.47 bits per heavy atom. The van der Waals surface area contributed by atoms with Gasteiger partial charge in [-0.1, -0.05) is 41.1 Å². The minimum atomic E-state index is -0.611. The lowest BCUT2D eigenvalue weighted by Crippen LogP contribution is -2.22. The van der Waals surface area contributed by atoms with Crippen LogP contribution >= 0.6 is 23.4 Å². The van der Waals surface area contributed by atoms with E-state index in [0.717, 1.165) is 20.9 Å². The summed E-state index contributed by atoms with van der Waals surface area (Å²) in [5.41, 5.74) is 3.32. The van der Waals surface area contributed by atoms with E-state index in [4.69, 9.17) is 16.3 Å². The SMILES string of the molecule is Cc1ccc(NC(=O)COC(=O)CCC(=O)Nc2ccc(Sc3ccc(Cl)cc3)cc2)c(C)c1. The minimum absolute atomic E-state index is 0.0429. The van der Waals surface area contributed by atoms with Crippen molar-refractivity contribution in [3.8, 4) is 0 Å². The normalized spacial score (nSPS) is 10.4. The number of esters is 1. The van der Waals surface area contributed by atoms with Crippen LogP contribution in [0.3, 0.4) is 0 Å². The van der Waals surface area contributed by atoms with Crippen LogP contribution in [-0.4, -0.2) is 24.4 Å². The van der Waals surface area contributed by atoms with Crippen LogP contribution in [0.1, 0.15) is 24.0 Å². The Balaban J connectivity index is 1.37. The second kappa shape index (κ2) is 12.3. The van der Waals surface area contributed by atoms with Gasteiger partial charge in [-0.3, -0.25) is 14.4 Å². The van der Waals surface area contributed by atoms with Gasteiger partial charge in [0.05, 0.1) is 6.42 Å². The number of benzene rings is 3. The minimum Gasteiger partial charge on any atom is -0.456 e. The lowest BCUT2D eigenvalue weighted by Gasteiger charge is -2.10. The lowest BCUT2D eigenvalue weighted by atomic mass is 10.1. The van der Waals surface area contributed by atoms with E-state index in [9.17, 15) is 14.4 Å². The summed E-state index contributed by atoms with van der Waals surface area (Å²) < 4.78 is 4.98. The topological polar surface area (TPSA) is 84.5 Å². The quantitative estimate of drug-likeness (QED) is 0.354. The zero-order valence-electron chi connectivity index (χ0n) is 18.9. The van der Waals surface area contributed by atoms with Crippen molar-refractivity contribution < 1.29 is 19.1 Å². The van der Waals surface area contributed by atoms with Gasteiger partial charge < -0.3 is 15.4 Å². The number of hydrogen-bond acceptors (Lipinski definition) is 5. The van der Waals surface area contributed by atoms with Gasteiger partial charge in [0.15, 0.2) is 6.61 Å². The van der Waals surface area contributed by atoms with Gasteiger partial charge in [0.25, 0.3) is 5.91 Å². The number of carbonyl (C=O) groups excluding carboxylic acids is 3. The van der Waals surface area contributed by atoms with Crippen LogP contribution in [0.2, 0.25) is 5.02 Å². The van der Waals surface area contributed by atoms with Crippen LogP contribution in [0.25, 0.3) is 0 Å². The Morgan fingerprint density at radius 1 is 0.824 bits per heavy atom. The van der Waals surface area contributed by atoms with E-state index in [1.54, 1.807) is 30.0 Å². The highest BCUT2D eigenvalue weighted by molar-refractivity contribution is 7.99. The molecule has 3 aromatic carbocycles. The lowest BCUT2D eigenvalue weighted by molar-refractivity contribution is -0.147. The van der Waals surface area contributed by atoms with Gasteiger partial charge in [-0.15, -0.1) is 0 Å². The number of nitrogens with one attached hydrogen (secondary N) is 2. The zero-order valence-corrected chi connectivity index (χ0v) is 20.5. The smallest absolute Gasteiger partial charge is 0.306 e. The summed E-state index contributed by atoms with van der Waals surface area (Å²) in [6.07, 6.45) is -0.161. The van der Waals surface area contributed by atoms with Crippen LogP contribution in [0.5, 0.6) is 0 Å². The van der Waals surface area contributed by atoms with Crippen LogP contribution in [0, 0.1) is 13.8 Å². The van der Waals surface area contributed by atoms with Crippen molar-refractivity contribution in [3.05, 3.63) is 82.9 Å². The zero-order chi connectivity index (χ0) is 24.5. The molecule has 6 nitrogen and oxygen atoms in total. The van der Waals surface area contributed by atoms with E-state index in [1.165, 1.54) is 0 Å². The molecule has 0 aliphatic carbocycles. The van der Waals surface area contributed by atoms with Crippen LogP contribution in [-0.2, 0) is 19.1 Å². The number of ether oxygens (including phenoxy) is 1. The molecule has 3 rings (SSSR count). The highest BCUT2D eigenvalue weighted by Gasteiger charge is 2.12. The molecule has 2 N–H and O–H groups in total. The summed E-state index contributed by atoms with van der Waals surface area (Å²) in [4.78, 5) is 38.2. The maximum absolute atomic E-state index is 12.2. The Labute approximate surface area is 208 Å². The molecule has 8 heteroatoms. The largest absolute Gasteiger partial charge is 0.456 e. The fourth-order valence-corrected chi connectivity index (χ4v) is 3.98. The number of carbonyl (C=O) groups is 3. The summed E-state index contributed by atoms with van der Waals surface area (Å²) in [6, 6.07) is 20.6. The number of anilines is 2. The molecule has 0 unspecified atom stereocenters. The number of halogens is 1. The predicted molar refractivity (Wildman–Crippen MR) is 135 cm³/mol. The Bertz CT molecular complexity index is 1160. The summed E-state index contributed by atoms with van der Waals surface area (Å²) >= 11 is 7.49. The Kier molecular flexibility index (Phi) is 9.13. The molecule has 34 heavy (non-hydrogen) atoms. The maximum atomic E-state index is 12.2. The first-order valence-electron chi connectivity index (χ1n) is 10.6. The van der Waals surface area contributed by atoms with Gasteiger partial charge in [-0.05, 0) is 74.0 Å². The van der Waals surface area contributed by atoms with Crippen molar-refractivity contribution in [1.82, 2.24) is 0 Å². The summed E-state index contributed by atoms with van der Waals surface area (Å²) in [7, 11) is 0. The van der Waals surface area contributed by atoms with Gasteiger partial charge in [-0.2, -0.15) is 0 Å². The molecule has 0 aliphatic heterocycles. The van der Waals surface area contributed by atoms with Gasteiger partial charge in [0, 0.05) is 32.6 Å². The van der Waals surface area contributed by atoms with E-state index in [-0.39, 0.29) is 18.7 Å². The predicted octanol–water partition coefficient (Wildman–Crippen LogP) is 6.01. The van der Waals surface area contributed by atoms with E-state index >= 15 is 0 Å². The first kappa shape index (κ1) is 25.3. The van der Waals surface area contributed by atoms with Crippen molar-refractivity contribution >= 4 is 52.5 Å². The first-order chi connectivity index (χ1) is 16.3. The number of hydrogen-bond donors (Lipinski definition) is 2. The van der Waals surface area contributed by atoms with Crippen molar-refractivity contribution in [3.63, 3.8) is 0 Å². The Hall–Kier alpha value is -3.29. The van der Waals surface area contributed by atoms with Crippen LogP contribution in [0.15, 0.2) is 76.5 Å². The molecule has 0 atom stereocenters. The van der Waals surface area contributed by atoms with E-state index in [1.807, 2.05) is 62.4 Å². The molecule has 3 aromatic rings. The molecule has 0 aromatic heterocycles. The van der Waals surface area contributed by atoms with Crippen LogP contribution in [0.4, 0.5) is 11.4 Å². The summed E-state index contributed by atoms with van der Waals surface area (Å²) in [5.74, 6) is -1.35. The third-order valence-electron chi connectivity index (χ3n) is 4.76. The van der Waals surface area contributed by atoms with Crippen molar-refractivity contribution in [2.24, 2.45) is 0 Å². The second-order valence-electron chi connectivity index (χ2n) is 7.66. The maximum Gasteiger partial charge on any atom is 0.306 e. The molecule has 176 valence electrons. The van der Waals surface area contributed by atoms with Crippen molar-refractivity contribution in [2.75, 3.05) is 17.2 Å². The molecule has 0 saturated carbocycles. The highest BCUT2D eigenvalue weighted by atomic mass is 35.5. The number of rotatable bonds is 9. The molecule has 0 saturated heterocycles.